The van der Waals surface area contributed by atoms with E-state index in [4.69, 9.17) is 29.4 Å². The number of carbonyl (C=O) groups is 3. The fourth-order valence-electron chi connectivity index (χ4n) is 15.2. The molecule has 1 aliphatic heterocycles. The molecule has 0 unspecified atom stereocenters. The Morgan fingerprint density at radius 3 is 2.19 bits per heavy atom. The average molecular weight is 1270 g/mol. The standard InChI is InChI=1S/C65H103N8O10.C2H5.Y/c1-45(2)10-8-11-46(3)53-17-18-54-51-16-14-49-41-50(19-23-64(49,6)55(51)20-24-65(53,54)7)83-62(78)68-26-35-82-38-36-79-32-21-57(76)67-25-34-81-39-37-80-33-22-58(77)72-30-28-71(29-31-72)27-9-12-48-13-15-52-56(40-48)70-61(66)59-60(52)73(47(4)69-59)42-63(5,43-74)44-75;1-2;/h13-15,40,45-46,50-51,53-55,74-75H,4,8-12,16-39,41-44H2,1-3,5-7H3,(H2,66,70)(H,67,76)(H,68,78);1H2,2H3;/q2*-1;/t46-,50+,51+,53-,54+,55+,64+,65-;;/m1../s1. The fourth-order valence-corrected chi connectivity index (χ4v) is 15.2. The number of allylic oxidation sites excluding steroid dienone is 1. The first-order valence-electron chi connectivity index (χ1n) is 32.5. The summed E-state index contributed by atoms with van der Waals surface area (Å²) < 4.78 is 30.4. The molecule has 1 aromatic carbocycles. The number of rotatable bonds is 32. The molecule has 8 rings (SSSR count). The van der Waals surface area contributed by atoms with Crippen molar-refractivity contribution in [2.24, 2.45) is 51.8 Å². The molecule has 1 saturated heterocycles. The van der Waals surface area contributed by atoms with Gasteiger partial charge in [0.15, 0.2) is 5.82 Å². The second-order valence-corrected chi connectivity index (χ2v) is 26.4. The van der Waals surface area contributed by atoms with Gasteiger partial charge in [0.05, 0.1) is 83.5 Å². The number of anilines is 1. The molecule has 3 amide bonds. The summed E-state index contributed by atoms with van der Waals surface area (Å²) in [6.45, 7) is 30.8. The van der Waals surface area contributed by atoms with Crippen LogP contribution in [0.5, 0.6) is 0 Å². The van der Waals surface area contributed by atoms with E-state index in [1.54, 1.807) is 6.92 Å². The number of aryl methyl sites for hydroxylation is 1. The number of pyridine rings is 1. The average Bonchev–Trinajstić information content (AvgIpc) is 1.40. The zero-order chi connectivity index (χ0) is 61.2. The van der Waals surface area contributed by atoms with E-state index in [1.165, 1.54) is 56.9 Å². The van der Waals surface area contributed by atoms with Gasteiger partial charge in [-0.3, -0.25) is 19.5 Å². The normalized spacial score (nSPS) is 24.2. The smallest absolute Gasteiger partial charge is 0.407 e. The van der Waals surface area contributed by atoms with Crippen molar-refractivity contribution in [2.45, 2.75) is 157 Å². The van der Waals surface area contributed by atoms with Gasteiger partial charge in [-0.2, -0.15) is 6.92 Å². The molecule has 19 heteroatoms. The summed E-state index contributed by atoms with van der Waals surface area (Å²) in [6, 6.07) is 6.22. The van der Waals surface area contributed by atoms with E-state index in [9.17, 15) is 24.6 Å². The van der Waals surface area contributed by atoms with Crippen molar-refractivity contribution in [3.05, 3.63) is 55.1 Å². The van der Waals surface area contributed by atoms with E-state index in [0.717, 1.165) is 109 Å². The summed E-state index contributed by atoms with van der Waals surface area (Å²) in [5.41, 5.74) is 11.1. The molecule has 4 fully saturated rings. The van der Waals surface area contributed by atoms with E-state index in [-0.39, 0.29) is 88.4 Å². The minimum atomic E-state index is -0.748. The van der Waals surface area contributed by atoms with Crippen LogP contribution in [0.3, 0.4) is 0 Å². The van der Waals surface area contributed by atoms with E-state index in [2.05, 4.69) is 92.2 Å². The number of hydrogen-bond acceptors (Lipinski definition) is 14. The number of hydrogen-bond donors (Lipinski definition) is 5. The third-order valence-corrected chi connectivity index (χ3v) is 20.1. The third-order valence-electron chi connectivity index (χ3n) is 20.1. The van der Waals surface area contributed by atoms with Crippen LogP contribution >= 0.6 is 0 Å². The molecule has 3 heterocycles. The summed E-state index contributed by atoms with van der Waals surface area (Å²) in [4.78, 5) is 51.5. The van der Waals surface area contributed by atoms with E-state index < -0.39 is 5.41 Å². The van der Waals surface area contributed by atoms with Gasteiger partial charge >= 0.3 is 6.09 Å². The number of aromatic nitrogens is 3. The molecule has 0 spiro atoms. The number of piperazine rings is 1. The van der Waals surface area contributed by atoms with Crippen LogP contribution in [0.4, 0.5) is 10.6 Å². The van der Waals surface area contributed by atoms with Crippen LogP contribution in [0, 0.1) is 65.6 Å². The predicted molar refractivity (Wildman–Crippen MR) is 335 cm³/mol. The molecule has 481 valence electrons. The van der Waals surface area contributed by atoms with Gasteiger partial charge in [-0.15, -0.1) is 0 Å². The van der Waals surface area contributed by atoms with Crippen molar-refractivity contribution < 1.29 is 81.0 Å². The topological polar surface area (TPSA) is 225 Å². The monoisotopic (exact) mass is 1270 g/mol. The van der Waals surface area contributed by atoms with E-state index in [1.807, 2.05) is 22.5 Å². The third kappa shape index (κ3) is 18.8. The van der Waals surface area contributed by atoms with Crippen molar-refractivity contribution in [3.8, 4) is 0 Å². The van der Waals surface area contributed by atoms with Crippen LogP contribution in [-0.4, -0.2) is 170 Å². The summed E-state index contributed by atoms with van der Waals surface area (Å²) in [5, 5.41) is 26.5. The number of nitrogens with zero attached hydrogens (tertiary/aromatic N) is 5. The second kappa shape index (κ2) is 34.7. The molecular formula is C67H108N8O10Y-2. The molecule has 86 heavy (non-hydrogen) atoms. The van der Waals surface area contributed by atoms with Gasteiger partial charge in [-0.05, 0) is 128 Å². The minimum Gasteiger partial charge on any atom is -0.446 e. The van der Waals surface area contributed by atoms with Gasteiger partial charge in [0.2, 0.25) is 11.8 Å². The maximum atomic E-state index is 12.9. The molecule has 18 nitrogen and oxygen atoms in total. The van der Waals surface area contributed by atoms with E-state index >= 15 is 0 Å². The van der Waals surface area contributed by atoms with Crippen LogP contribution in [0.2, 0.25) is 0 Å². The number of benzene rings is 1. The maximum Gasteiger partial charge on any atom is 0.407 e. The molecule has 3 saturated carbocycles. The second-order valence-electron chi connectivity index (χ2n) is 26.4. The van der Waals surface area contributed by atoms with Gasteiger partial charge in [0, 0.05) is 102 Å². The molecule has 1 radical (unpaired) electrons. The number of imidazole rings is 1. The Labute approximate surface area is 540 Å². The van der Waals surface area contributed by atoms with Crippen LogP contribution in [0.25, 0.3) is 21.9 Å². The SMILES string of the molecule is [CH2-]C.[CH2-]c1nc2c(N)nc3cc(CCCN4CCN(C(=O)CCOCCOCCNC(=O)CCOCCOCCNC(=O)O[C@H]5CC[C@@]6(C)C(=CC[C@H]7[C@@H]8CC[C@H]([C@H](C)CCCC(C)C)[C@@]8(C)CC[C@@H]76)C5)CC4)ccc3c2n1CC(C)(CO)CO.[Y]. The van der Waals surface area contributed by atoms with Crippen LogP contribution < -0.4 is 16.4 Å². The van der Waals surface area contributed by atoms with Crippen molar-refractivity contribution in [3.63, 3.8) is 0 Å². The van der Waals surface area contributed by atoms with Gasteiger partial charge in [0.1, 0.15) is 11.6 Å². The Kier molecular flexibility index (Phi) is 28.9. The predicted octanol–water partition coefficient (Wildman–Crippen LogP) is 9.35. The quantitative estimate of drug-likeness (QED) is 0.0223. The number of nitrogen functional groups attached to an aromatic ring is 1. The first-order chi connectivity index (χ1) is 40.9. The number of amides is 3. The number of nitrogens with two attached hydrogens (primary N) is 1. The summed E-state index contributed by atoms with van der Waals surface area (Å²) in [6.07, 6.45) is 18.2. The molecular weight excluding hydrogens is 1170 g/mol. The molecule has 6 N–H and O–H groups in total. The van der Waals surface area contributed by atoms with Crippen LogP contribution in [0.15, 0.2) is 29.8 Å². The molecule has 5 aliphatic rings. The van der Waals surface area contributed by atoms with Crippen LogP contribution in [0.1, 0.15) is 150 Å². The first-order valence-corrected chi connectivity index (χ1v) is 32.5. The Morgan fingerprint density at radius 2 is 1.50 bits per heavy atom. The van der Waals surface area contributed by atoms with E-state index in [0.29, 0.717) is 108 Å². The molecule has 2 aromatic heterocycles. The van der Waals surface area contributed by atoms with Gasteiger partial charge < -0.3 is 73.6 Å². The van der Waals surface area contributed by atoms with Gasteiger partial charge in [-0.1, -0.05) is 84.6 Å². The minimum absolute atomic E-state index is 0. The van der Waals surface area contributed by atoms with Crippen LogP contribution in [-0.2, 0) is 78.9 Å². The zero-order valence-corrected chi connectivity index (χ0v) is 56.5. The Morgan fingerprint density at radius 1 is 0.826 bits per heavy atom. The Balaban J connectivity index is 0.00000390. The first kappa shape index (κ1) is 71.6. The zero-order valence-electron chi connectivity index (χ0n) is 53.7. The number of ether oxygens (including phenoxy) is 5. The summed E-state index contributed by atoms with van der Waals surface area (Å²) in [5.74, 6) is 5.66. The molecule has 3 aromatic rings. The number of aliphatic hydroxyl groups is 2. The largest absolute Gasteiger partial charge is 0.446 e. The number of carbonyl (C=O) groups excluding carboxylic acids is 3. The number of aliphatic hydroxyl groups excluding tert-OH is 2. The Bertz CT molecular complexity index is 2620. The number of fused-ring (bicyclic) bond motifs is 8. The fraction of sp³-hybridized carbons (Fsp3) is 0.746. The molecule has 0 bridgehead atoms. The van der Waals surface area contributed by atoms with Crippen molar-refractivity contribution in [2.75, 3.05) is 118 Å². The van der Waals surface area contributed by atoms with Crippen molar-refractivity contribution >= 4 is 45.7 Å². The Hall–Kier alpha value is -3.46. The number of alkyl carbamates (subject to hydrolysis) is 1. The maximum absolute atomic E-state index is 12.9. The van der Waals surface area contributed by atoms with Gasteiger partial charge in [0.25, 0.3) is 0 Å². The number of nitrogens with one attached hydrogen (secondary N) is 2. The molecule has 8 atom stereocenters. The summed E-state index contributed by atoms with van der Waals surface area (Å²) >= 11 is 0. The van der Waals surface area contributed by atoms with Crippen molar-refractivity contribution in [1.82, 2.24) is 35.0 Å². The van der Waals surface area contributed by atoms with Gasteiger partial charge in [-0.25, -0.2) is 9.78 Å². The summed E-state index contributed by atoms with van der Waals surface area (Å²) in [7, 11) is 0. The van der Waals surface area contributed by atoms with Crippen molar-refractivity contribution in [1.29, 1.82) is 0 Å². The molecule has 4 aliphatic carbocycles.